The van der Waals surface area contributed by atoms with Crippen molar-refractivity contribution in [2.45, 2.75) is 13.0 Å². The number of nitriles is 2. The molecule has 1 aliphatic rings. The molecule has 0 aromatic heterocycles. The summed E-state index contributed by atoms with van der Waals surface area (Å²) < 4.78 is 5.13. The normalized spacial score (nSPS) is 21.0. The molecular formula is C7H7N3O. The molecule has 0 aromatic rings. The summed E-state index contributed by atoms with van der Waals surface area (Å²) in [4.78, 5) is 0. The summed E-state index contributed by atoms with van der Waals surface area (Å²) in [5.74, 6) is 0.308. The van der Waals surface area contributed by atoms with Crippen molar-refractivity contribution < 1.29 is 4.74 Å². The van der Waals surface area contributed by atoms with Gasteiger partial charge < -0.3 is 10.1 Å². The van der Waals surface area contributed by atoms with Crippen LogP contribution in [0.25, 0.3) is 0 Å². The van der Waals surface area contributed by atoms with Crippen molar-refractivity contribution in [1.29, 1.82) is 10.5 Å². The maximum atomic E-state index is 8.42. The Hall–Kier alpha value is -1.68. The molecule has 56 valence electrons. The third-order valence-corrected chi connectivity index (χ3v) is 1.32. The molecule has 0 bridgehead atoms. The summed E-state index contributed by atoms with van der Waals surface area (Å²) in [7, 11) is 0. The predicted molar refractivity (Wildman–Crippen MR) is 36.8 cm³/mol. The van der Waals surface area contributed by atoms with Crippen LogP contribution in [0.1, 0.15) is 6.92 Å². The van der Waals surface area contributed by atoms with Crippen molar-refractivity contribution in [1.82, 2.24) is 5.32 Å². The quantitative estimate of drug-likeness (QED) is 0.501. The maximum Gasteiger partial charge on any atom is 0.216 e. The van der Waals surface area contributed by atoms with Gasteiger partial charge in [0.1, 0.15) is 18.2 Å². The molecule has 0 saturated carbocycles. The Balaban J connectivity index is 2.83. The van der Waals surface area contributed by atoms with E-state index in [4.69, 9.17) is 15.3 Å². The fraction of sp³-hybridized carbons (Fsp3) is 0.429. The highest BCUT2D eigenvalue weighted by molar-refractivity contribution is 5.37. The minimum Gasteiger partial charge on any atom is -0.473 e. The van der Waals surface area contributed by atoms with Crippen molar-refractivity contribution >= 4 is 0 Å². The Bertz CT molecular complexity index is 252. The highest BCUT2D eigenvalue weighted by Gasteiger charge is 2.18. The first-order valence-electron chi connectivity index (χ1n) is 3.23. The second kappa shape index (κ2) is 2.94. The van der Waals surface area contributed by atoms with Gasteiger partial charge in [0.2, 0.25) is 5.88 Å². The summed E-state index contributed by atoms with van der Waals surface area (Å²) in [6.45, 7) is 2.52. The average Bonchev–Trinajstić information content (AvgIpc) is 2.39. The largest absolute Gasteiger partial charge is 0.473 e. The second-order valence-corrected chi connectivity index (χ2v) is 2.24. The fourth-order valence-electron chi connectivity index (χ4n) is 0.795. The standard InChI is InChI=1S/C7H7N3O/c1-5-4-10-7(11-5)6(2-8)3-9/h5,10H,4H2,1H3/t5-/m0/s1. The number of hydrogen-bond acceptors (Lipinski definition) is 4. The van der Waals surface area contributed by atoms with E-state index in [1.165, 1.54) is 0 Å². The number of nitrogens with zero attached hydrogens (tertiary/aromatic N) is 2. The number of allylic oxidation sites excluding steroid dienone is 1. The SMILES string of the molecule is C[C@H]1CNC(=C(C#N)C#N)O1. The highest BCUT2D eigenvalue weighted by atomic mass is 16.5. The van der Waals surface area contributed by atoms with Crippen molar-refractivity contribution in [3.63, 3.8) is 0 Å². The number of nitrogens with one attached hydrogen (secondary N) is 1. The molecule has 0 radical (unpaired) electrons. The van der Waals surface area contributed by atoms with Crippen molar-refractivity contribution in [3.05, 3.63) is 11.5 Å². The Labute approximate surface area is 64.7 Å². The molecule has 1 aliphatic heterocycles. The summed E-state index contributed by atoms with van der Waals surface area (Å²) in [6.07, 6.45) is 0.0432. The van der Waals surface area contributed by atoms with Gasteiger partial charge in [-0.3, -0.25) is 0 Å². The smallest absolute Gasteiger partial charge is 0.216 e. The highest BCUT2D eigenvalue weighted by Crippen LogP contribution is 2.10. The summed E-state index contributed by atoms with van der Waals surface area (Å²) in [6, 6.07) is 3.49. The Morgan fingerprint density at radius 1 is 1.64 bits per heavy atom. The third kappa shape index (κ3) is 1.42. The zero-order chi connectivity index (χ0) is 8.27. The van der Waals surface area contributed by atoms with Gasteiger partial charge in [0.25, 0.3) is 0 Å². The molecule has 0 aromatic carbocycles. The van der Waals surface area contributed by atoms with Gasteiger partial charge >= 0.3 is 0 Å². The van der Waals surface area contributed by atoms with E-state index in [9.17, 15) is 0 Å². The van der Waals surface area contributed by atoms with Gasteiger partial charge in [0.05, 0.1) is 6.54 Å². The topological polar surface area (TPSA) is 68.8 Å². The zero-order valence-corrected chi connectivity index (χ0v) is 6.09. The molecule has 1 atom stereocenters. The summed E-state index contributed by atoms with van der Waals surface area (Å²) in [5.41, 5.74) is 0.00866. The van der Waals surface area contributed by atoms with E-state index in [1.54, 1.807) is 12.1 Å². The molecule has 1 heterocycles. The van der Waals surface area contributed by atoms with Gasteiger partial charge in [-0.2, -0.15) is 10.5 Å². The van der Waals surface area contributed by atoms with Crippen LogP contribution in [0.2, 0.25) is 0 Å². The second-order valence-electron chi connectivity index (χ2n) is 2.24. The van der Waals surface area contributed by atoms with Crippen LogP contribution in [-0.2, 0) is 4.74 Å². The lowest BCUT2D eigenvalue weighted by atomic mass is 10.3. The van der Waals surface area contributed by atoms with Crippen LogP contribution in [0.3, 0.4) is 0 Å². The third-order valence-electron chi connectivity index (χ3n) is 1.32. The minimum atomic E-state index is 0.00866. The molecule has 11 heavy (non-hydrogen) atoms. The van der Waals surface area contributed by atoms with Gasteiger partial charge in [0, 0.05) is 0 Å². The van der Waals surface area contributed by atoms with Crippen molar-refractivity contribution in [3.8, 4) is 12.1 Å². The average molecular weight is 149 g/mol. The molecule has 0 amide bonds. The molecule has 1 saturated heterocycles. The van der Waals surface area contributed by atoms with E-state index in [1.807, 2.05) is 6.92 Å². The molecular weight excluding hydrogens is 142 g/mol. The van der Waals surface area contributed by atoms with E-state index in [-0.39, 0.29) is 11.7 Å². The van der Waals surface area contributed by atoms with Gasteiger partial charge in [-0.05, 0) is 6.92 Å². The molecule has 4 nitrogen and oxygen atoms in total. The minimum absolute atomic E-state index is 0.00866. The van der Waals surface area contributed by atoms with Crippen LogP contribution in [0.15, 0.2) is 11.5 Å². The molecule has 1 fully saturated rings. The van der Waals surface area contributed by atoms with E-state index < -0.39 is 0 Å². The van der Waals surface area contributed by atoms with Gasteiger partial charge in [-0.15, -0.1) is 0 Å². The van der Waals surface area contributed by atoms with Crippen LogP contribution >= 0.6 is 0 Å². The molecule has 1 N–H and O–H groups in total. The van der Waals surface area contributed by atoms with E-state index in [2.05, 4.69) is 5.32 Å². The Kier molecular flexibility index (Phi) is 1.98. The van der Waals surface area contributed by atoms with Crippen LogP contribution in [0.4, 0.5) is 0 Å². The number of rotatable bonds is 0. The zero-order valence-electron chi connectivity index (χ0n) is 6.09. The Morgan fingerprint density at radius 2 is 2.27 bits per heavy atom. The molecule has 0 unspecified atom stereocenters. The first kappa shape index (κ1) is 7.43. The van der Waals surface area contributed by atoms with E-state index in [0.29, 0.717) is 12.4 Å². The number of ether oxygens (including phenoxy) is 1. The summed E-state index contributed by atoms with van der Waals surface area (Å²) >= 11 is 0. The van der Waals surface area contributed by atoms with Crippen LogP contribution in [0, 0.1) is 22.7 Å². The lowest BCUT2D eigenvalue weighted by molar-refractivity contribution is 0.183. The van der Waals surface area contributed by atoms with E-state index in [0.717, 1.165) is 0 Å². The van der Waals surface area contributed by atoms with Crippen LogP contribution < -0.4 is 5.32 Å². The number of hydrogen-bond donors (Lipinski definition) is 1. The lowest BCUT2D eigenvalue weighted by Gasteiger charge is -1.99. The van der Waals surface area contributed by atoms with Crippen molar-refractivity contribution in [2.24, 2.45) is 0 Å². The molecule has 0 spiro atoms. The lowest BCUT2D eigenvalue weighted by Crippen LogP contribution is -2.09. The maximum absolute atomic E-state index is 8.42. The van der Waals surface area contributed by atoms with Crippen LogP contribution in [0.5, 0.6) is 0 Å². The monoisotopic (exact) mass is 149 g/mol. The van der Waals surface area contributed by atoms with Gasteiger partial charge in [-0.25, -0.2) is 0 Å². The molecule has 4 heteroatoms. The Morgan fingerprint density at radius 3 is 2.64 bits per heavy atom. The van der Waals surface area contributed by atoms with E-state index >= 15 is 0 Å². The summed E-state index contributed by atoms with van der Waals surface area (Å²) in [5, 5.41) is 19.7. The fourth-order valence-corrected chi connectivity index (χ4v) is 0.795. The predicted octanol–water partition coefficient (Wildman–Crippen LogP) is 0.253. The van der Waals surface area contributed by atoms with Gasteiger partial charge in [-0.1, -0.05) is 0 Å². The van der Waals surface area contributed by atoms with Crippen LogP contribution in [-0.4, -0.2) is 12.6 Å². The molecule has 1 rings (SSSR count). The molecule has 0 aliphatic carbocycles. The first-order valence-corrected chi connectivity index (χ1v) is 3.23. The first-order chi connectivity index (χ1) is 5.27. The van der Waals surface area contributed by atoms with Gasteiger partial charge in [0.15, 0.2) is 5.57 Å². The van der Waals surface area contributed by atoms with Crippen molar-refractivity contribution in [2.75, 3.05) is 6.54 Å².